The Morgan fingerprint density at radius 1 is 1.05 bits per heavy atom. The number of hydrogen-bond donors (Lipinski definition) is 1. The summed E-state index contributed by atoms with van der Waals surface area (Å²) in [7, 11) is 0. The Bertz CT molecular complexity index is 795. The lowest BCUT2D eigenvalue weighted by Crippen LogP contribution is -2.01. The van der Waals surface area contributed by atoms with Crippen molar-refractivity contribution in [2.45, 2.75) is 6.92 Å². The Balaban J connectivity index is 2.17. The topological polar surface area (TPSA) is 43.8 Å². The number of benzene rings is 2. The summed E-state index contributed by atoms with van der Waals surface area (Å²) >= 11 is 7.05. The van der Waals surface area contributed by atoms with Crippen molar-refractivity contribution in [1.82, 2.24) is 9.78 Å². The van der Waals surface area contributed by atoms with Gasteiger partial charge in [-0.3, -0.25) is 0 Å². The van der Waals surface area contributed by atoms with E-state index < -0.39 is 0 Å². The number of halogens is 2. The van der Waals surface area contributed by atoms with Crippen LogP contribution in [0.25, 0.3) is 16.9 Å². The first-order valence-electron chi connectivity index (χ1n) is 6.44. The highest BCUT2D eigenvalue weighted by atomic mass is 79.9. The Morgan fingerprint density at radius 2 is 1.76 bits per heavy atom. The number of nitrogens with two attached hydrogens (primary N) is 1. The molecule has 0 fully saturated rings. The number of hydrogen-bond acceptors (Lipinski definition) is 2. The Labute approximate surface area is 140 Å². The highest BCUT2D eigenvalue weighted by Gasteiger charge is 2.16. The number of anilines is 1. The first kappa shape index (κ1) is 14.4. The van der Waals surface area contributed by atoms with Gasteiger partial charge in [0.1, 0.15) is 5.82 Å². The minimum Gasteiger partial charge on any atom is -0.383 e. The van der Waals surface area contributed by atoms with Gasteiger partial charge in [-0.15, -0.1) is 0 Å². The minimum atomic E-state index is 0.658. The van der Waals surface area contributed by atoms with Crippen LogP contribution in [0.15, 0.2) is 57.5 Å². The van der Waals surface area contributed by atoms with Crippen molar-refractivity contribution < 1.29 is 0 Å². The fourth-order valence-electron chi connectivity index (χ4n) is 2.21. The van der Waals surface area contributed by atoms with Crippen molar-refractivity contribution in [3.8, 4) is 16.9 Å². The zero-order valence-corrected chi connectivity index (χ0v) is 14.5. The predicted octanol–water partition coefficient (Wildman–Crippen LogP) is 4.95. The van der Waals surface area contributed by atoms with Crippen LogP contribution in [0.4, 0.5) is 5.82 Å². The van der Waals surface area contributed by atoms with E-state index in [-0.39, 0.29) is 0 Å². The molecule has 0 amide bonds. The zero-order valence-electron chi connectivity index (χ0n) is 11.3. The maximum Gasteiger partial charge on any atom is 0.130 e. The first-order valence-corrected chi connectivity index (χ1v) is 8.02. The van der Waals surface area contributed by atoms with Gasteiger partial charge in [-0.25, -0.2) is 4.68 Å². The molecule has 3 nitrogen and oxygen atoms in total. The van der Waals surface area contributed by atoms with Crippen molar-refractivity contribution in [3.05, 3.63) is 63.0 Å². The normalized spacial score (nSPS) is 10.8. The lowest BCUT2D eigenvalue weighted by atomic mass is 10.1. The van der Waals surface area contributed by atoms with E-state index in [0.717, 1.165) is 31.5 Å². The van der Waals surface area contributed by atoms with E-state index in [4.69, 9.17) is 5.73 Å². The molecule has 0 saturated heterocycles. The van der Waals surface area contributed by atoms with Crippen molar-refractivity contribution in [2.75, 3.05) is 5.73 Å². The van der Waals surface area contributed by atoms with E-state index in [1.54, 1.807) is 4.68 Å². The van der Waals surface area contributed by atoms with E-state index in [1.807, 2.05) is 55.5 Å². The lowest BCUT2D eigenvalue weighted by molar-refractivity contribution is 0.895. The number of para-hydroxylation sites is 1. The SMILES string of the molecule is Cc1c(-c2ccc(Br)cc2Br)nn(-c2ccccc2)c1N. The highest BCUT2D eigenvalue weighted by molar-refractivity contribution is 9.11. The minimum absolute atomic E-state index is 0.658. The highest BCUT2D eigenvalue weighted by Crippen LogP contribution is 2.34. The van der Waals surface area contributed by atoms with Crippen LogP contribution >= 0.6 is 31.9 Å². The van der Waals surface area contributed by atoms with Crippen molar-refractivity contribution in [1.29, 1.82) is 0 Å². The van der Waals surface area contributed by atoms with Crippen LogP contribution in [-0.2, 0) is 0 Å². The molecule has 3 aromatic rings. The molecule has 0 unspecified atom stereocenters. The second-order valence-electron chi connectivity index (χ2n) is 4.73. The maximum absolute atomic E-state index is 6.23. The summed E-state index contributed by atoms with van der Waals surface area (Å²) in [5, 5.41) is 4.69. The third-order valence-corrected chi connectivity index (χ3v) is 4.50. The van der Waals surface area contributed by atoms with Crippen molar-refractivity contribution in [2.24, 2.45) is 0 Å². The van der Waals surface area contributed by atoms with Gasteiger partial charge in [-0.1, -0.05) is 56.1 Å². The first-order chi connectivity index (χ1) is 10.1. The molecule has 0 aliphatic rings. The molecule has 5 heteroatoms. The second kappa shape index (κ2) is 5.66. The quantitative estimate of drug-likeness (QED) is 0.653. The molecule has 3 rings (SSSR count). The number of rotatable bonds is 2. The lowest BCUT2D eigenvalue weighted by Gasteiger charge is -2.03. The van der Waals surface area contributed by atoms with Gasteiger partial charge in [0.05, 0.1) is 11.4 Å². The van der Waals surface area contributed by atoms with Gasteiger partial charge in [-0.2, -0.15) is 5.10 Å². The maximum atomic E-state index is 6.23. The third kappa shape index (κ3) is 2.63. The molecule has 0 spiro atoms. The fraction of sp³-hybridized carbons (Fsp3) is 0.0625. The Morgan fingerprint density at radius 3 is 2.43 bits per heavy atom. The van der Waals surface area contributed by atoms with E-state index in [0.29, 0.717) is 5.82 Å². The van der Waals surface area contributed by atoms with Gasteiger partial charge < -0.3 is 5.73 Å². The molecule has 1 heterocycles. The average Bonchev–Trinajstić information content (AvgIpc) is 2.77. The van der Waals surface area contributed by atoms with Crippen molar-refractivity contribution in [3.63, 3.8) is 0 Å². The molecule has 0 bridgehead atoms. The molecular weight excluding hydrogens is 394 g/mol. The molecule has 1 aromatic heterocycles. The largest absolute Gasteiger partial charge is 0.383 e. The molecule has 0 atom stereocenters. The standard InChI is InChI=1S/C16H13Br2N3/c1-10-15(13-8-7-11(17)9-14(13)18)20-21(16(10)19)12-5-3-2-4-6-12/h2-9H,19H2,1H3. The number of nitrogen functional groups attached to an aromatic ring is 1. The number of aromatic nitrogens is 2. The van der Waals surface area contributed by atoms with E-state index in [1.165, 1.54) is 0 Å². The van der Waals surface area contributed by atoms with Gasteiger partial charge in [0.25, 0.3) is 0 Å². The summed E-state index contributed by atoms with van der Waals surface area (Å²) in [5.74, 6) is 0.658. The average molecular weight is 407 g/mol. The van der Waals surface area contributed by atoms with Crippen LogP contribution in [0, 0.1) is 6.92 Å². The van der Waals surface area contributed by atoms with Crippen LogP contribution in [0.2, 0.25) is 0 Å². The van der Waals surface area contributed by atoms with Crippen LogP contribution in [0.3, 0.4) is 0 Å². The smallest absolute Gasteiger partial charge is 0.130 e. The molecule has 0 aliphatic heterocycles. The van der Waals surface area contributed by atoms with Gasteiger partial charge in [-0.05, 0) is 31.2 Å². The van der Waals surface area contributed by atoms with E-state index in [2.05, 4.69) is 37.0 Å². The molecule has 0 radical (unpaired) electrons. The summed E-state index contributed by atoms with van der Waals surface area (Å²) in [6.45, 7) is 1.99. The molecular formula is C16H13Br2N3. The molecule has 0 saturated carbocycles. The van der Waals surface area contributed by atoms with Gasteiger partial charge in [0.15, 0.2) is 0 Å². The summed E-state index contributed by atoms with van der Waals surface area (Å²) in [5.41, 5.74) is 10.1. The molecule has 0 aliphatic carbocycles. The molecule has 2 N–H and O–H groups in total. The Kier molecular flexibility index (Phi) is 3.87. The molecule has 21 heavy (non-hydrogen) atoms. The number of nitrogens with zero attached hydrogens (tertiary/aromatic N) is 2. The van der Waals surface area contributed by atoms with Gasteiger partial charge in [0, 0.05) is 20.1 Å². The summed E-state index contributed by atoms with van der Waals surface area (Å²) in [6.07, 6.45) is 0. The second-order valence-corrected chi connectivity index (χ2v) is 6.50. The zero-order chi connectivity index (χ0) is 15.0. The Hall–Kier alpha value is -1.59. The van der Waals surface area contributed by atoms with Crippen molar-refractivity contribution >= 4 is 37.7 Å². The van der Waals surface area contributed by atoms with Crippen LogP contribution in [0.5, 0.6) is 0 Å². The van der Waals surface area contributed by atoms with E-state index >= 15 is 0 Å². The summed E-state index contributed by atoms with van der Waals surface area (Å²) < 4.78 is 3.78. The molecule has 106 valence electrons. The van der Waals surface area contributed by atoms with E-state index in [9.17, 15) is 0 Å². The van der Waals surface area contributed by atoms with Gasteiger partial charge in [0.2, 0.25) is 0 Å². The monoisotopic (exact) mass is 405 g/mol. The van der Waals surface area contributed by atoms with Crippen LogP contribution in [0.1, 0.15) is 5.56 Å². The third-order valence-electron chi connectivity index (χ3n) is 3.35. The fourth-order valence-corrected chi connectivity index (χ4v) is 3.45. The van der Waals surface area contributed by atoms with Gasteiger partial charge >= 0.3 is 0 Å². The molecule has 2 aromatic carbocycles. The summed E-state index contributed by atoms with van der Waals surface area (Å²) in [6, 6.07) is 15.9. The predicted molar refractivity (Wildman–Crippen MR) is 93.5 cm³/mol. The summed E-state index contributed by atoms with van der Waals surface area (Å²) in [4.78, 5) is 0. The van der Waals surface area contributed by atoms with Crippen LogP contribution < -0.4 is 5.73 Å². The van der Waals surface area contributed by atoms with Crippen LogP contribution in [-0.4, -0.2) is 9.78 Å².